The van der Waals surface area contributed by atoms with E-state index in [-0.39, 0.29) is 23.1 Å². The molecule has 30 heavy (non-hydrogen) atoms. The van der Waals surface area contributed by atoms with Crippen LogP contribution in [0.5, 0.6) is 11.5 Å². The Morgan fingerprint density at radius 3 is 2.43 bits per heavy atom. The highest BCUT2D eigenvalue weighted by atomic mass is 32.1. The van der Waals surface area contributed by atoms with Crippen molar-refractivity contribution < 1.29 is 24.2 Å². The zero-order chi connectivity index (χ0) is 21.4. The number of carbonyl (C=O) groups excluding carboxylic acids is 1. The van der Waals surface area contributed by atoms with E-state index < -0.39 is 5.97 Å². The fourth-order valence-corrected chi connectivity index (χ4v) is 5.02. The van der Waals surface area contributed by atoms with E-state index in [0.717, 1.165) is 21.6 Å². The van der Waals surface area contributed by atoms with E-state index in [2.05, 4.69) is 5.32 Å². The molecule has 3 aromatic rings. The summed E-state index contributed by atoms with van der Waals surface area (Å²) in [5, 5.41) is 12.8. The quantitative estimate of drug-likeness (QED) is 0.609. The van der Waals surface area contributed by atoms with E-state index in [1.165, 1.54) is 11.3 Å². The Labute approximate surface area is 178 Å². The van der Waals surface area contributed by atoms with E-state index >= 15 is 0 Å². The van der Waals surface area contributed by atoms with E-state index in [1.807, 2.05) is 43.3 Å². The summed E-state index contributed by atoms with van der Waals surface area (Å²) in [5.41, 5.74) is 3.85. The highest BCUT2D eigenvalue weighted by molar-refractivity contribution is 7.15. The van der Waals surface area contributed by atoms with Gasteiger partial charge in [-0.05, 0) is 30.2 Å². The molecule has 7 heteroatoms. The molecule has 0 spiro atoms. The highest BCUT2D eigenvalue weighted by Crippen LogP contribution is 2.50. The Kier molecular flexibility index (Phi) is 5.22. The molecule has 1 amide bonds. The average molecular weight is 423 g/mol. The number of thiophene rings is 1. The fraction of sp³-hybridized carbons (Fsp3) is 0.217. The number of carboxylic acid groups (broad SMARTS) is 1. The number of carboxylic acids is 1. The number of rotatable bonds is 5. The number of ether oxygens (including phenoxy) is 2. The van der Waals surface area contributed by atoms with E-state index in [9.17, 15) is 14.7 Å². The zero-order valence-electron chi connectivity index (χ0n) is 16.8. The molecular weight excluding hydrogens is 402 g/mol. The average Bonchev–Trinajstić information content (AvgIpc) is 3.12. The van der Waals surface area contributed by atoms with Gasteiger partial charge in [0, 0.05) is 22.8 Å². The summed E-state index contributed by atoms with van der Waals surface area (Å²) in [6, 6.07) is 13.2. The van der Waals surface area contributed by atoms with E-state index in [4.69, 9.17) is 9.47 Å². The van der Waals surface area contributed by atoms with Crippen molar-refractivity contribution in [3.05, 3.63) is 63.3 Å². The summed E-state index contributed by atoms with van der Waals surface area (Å²) in [6.45, 7) is 1.97. The first kappa shape index (κ1) is 20.0. The number of amides is 1. The van der Waals surface area contributed by atoms with Crippen molar-refractivity contribution >= 4 is 28.9 Å². The maximum absolute atomic E-state index is 12.6. The first-order chi connectivity index (χ1) is 14.4. The topological polar surface area (TPSA) is 84.9 Å². The zero-order valence-corrected chi connectivity index (χ0v) is 17.6. The molecule has 2 aromatic carbocycles. The molecule has 0 radical (unpaired) electrons. The summed E-state index contributed by atoms with van der Waals surface area (Å²) in [5.74, 6) is -0.262. The van der Waals surface area contributed by atoms with Crippen molar-refractivity contribution in [2.24, 2.45) is 0 Å². The minimum Gasteiger partial charge on any atom is -0.493 e. The first-order valence-electron chi connectivity index (χ1n) is 9.41. The molecule has 0 unspecified atom stereocenters. The van der Waals surface area contributed by atoms with Gasteiger partial charge in [0.05, 0.1) is 19.9 Å². The molecule has 4 rings (SSSR count). The Hall–Kier alpha value is -3.32. The number of aryl methyl sites for hydroxylation is 1. The first-order valence-corrected chi connectivity index (χ1v) is 10.2. The van der Waals surface area contributed by atoms with Crippen LogP contribution in [0.2, 0.25) is 0 Å². The molecule has 154 valence electrons. The number of benzene rings is 2. The Morgan fingerprint density at radius 2 is 1.80 bits per heavy atom. The number of nitrogens with one attached hydrogen (secondary N) is 1. The van der Waals surface area contributed by atoms with Crippen LogP contribution in [0, 0.1) is 6.92 Å². The minimum atomic E-state index is -1.01. The maximum Gasteiger partial charge on any atom is 0.346 e. The van der Waals surface area contributed by atoms with E-state index in [0.29, 0.717) is 22.7 Å². The summed E-state index contributed by atoms with van der Waals surface area (Å²) in [6.07, 6.45) is 0.232. The van der Waals surface area contributed by atoms with E-state index in [1.54, 1.807) is 20.3 Å². The molecule has 0 aliphatic carbocycles. The Balaban J connectivity index is 1.90. The summed E-state index contributed by atoms with van der Waals surface area (Å²) in [7, 11) is 3.12. The smallest absolute Gasteiger partial charge is 0.346 e. The molecule has 1 atom stereocenters. The highest BCUT2D eigenvalue weighted by Gasteiger charge is 2.34. The van der Waals surface area contributed by atoms with Gasteiger partial charge in [0.1, 0.15) is 4.88 Å². The fourth-order valence-electron chi connectivity index (χ4n) is 3.77. The van der Waals surface area contributed by atoms with Crippen molar-refractivity contribution in [3.8, 4) is 22.6 Å². The second kappa shape index (κ2) is 7.84. The maximum atomic E-state index is 12.6. The van der Waals surface area contributed by atoms with Crippen LogP contribution in [0.4, 0.5) is 5.69 Å². The van der Waals surface area contributed by atoms with Gasteiger partial charge in [-0.25, -0.2) is 4.79 Å². The van der Waals surface area contributed by atoms with Crippen molar-refractivity contribution in [1.29, 1.82) is 0 Å². The molecule has 0 bridgehead atoms. The van der Waals surface area contributed by atoms with Crippen LogP contribution in [-0.4, -0.2) is 31.2 Å². The van der Waals surface area contributed by atoms with Gasteiger partial charge in [-0.2, -0.15) is 0 Å². The van der Waals surface area contributed by atoms with Crippen LogP contribution >= 0.6 is 11.3 Å². The number of hydrogen-bond acceptors (Lipinski definition) is 5. The van der Waals surface area contributed by atoms with Crippen LogP contribution in [0.1, 0.15) is 38.0 Å². The lowest BCUT2D eigenvalue weighted by atomic mass is 9.88. The second-order valence-corrected chi connectivity index (χ2v) is 8.19. The lowest BCUT2D eigenvalue weighted by molar-refractivity contribution is -0.116. The van der Waals surface area contributed by atoms with Gasteiger partial charge >= 0.3 is 5.97 Å². The van der Waals surface area contributed by atoms with Gasteiger partial charge in [0.15, 0.2) is 11.5 Å². The van der Waals surface area contributed by atoms with Gasteiger partial charge in [-0.3, -0.25) is 4.79 Å². The summed E-state index contributed by atoms with van der Waals surface area (Å²) < 4.78 is 10.7. The molecule has 2 N–H and O–H groups in total. The van der Waals surface area contributed by atoms with Gasteiger partial charge in [-0.1, -0.05) is 35.9 Å². The van der Waals surface area contributed by atoms with Crippen molar-refractivity contribution in [1.82, 2.24) is 0 Å². The number of carbonyl (C=O) groups is 2. The molecule has 1 aliphatic heterocycles. The molecule has 1 aliphatic rings. The standard InChI is InChI=1S/C23H21NO5S/c1-12-4-6-13(7-5-12)19-20-21(30-22(19)23(26)27)15(11-18(25)24-20)14-8-9-16(28-2)17(10-14)29-3/h4-10,15H,11H2,1-3H3,(H,24,25)(H,26,27)/t15-/m0/s1. The number of hydrogen-bond donors (Lipinski definition) is 2. The van der Waals surface area contributed by atoms with Crippen molar-refractivity contribution in [2.75, 3.05) is 19.5 Å². The molecule has 0 saturated heterocycles. The third kappa shape index (κ3) is 3.41. The third-order valence-corrected chi connectivity index (χ3v) is 6.54. The number of aromatic carboxylic acids is 1. The monoisotopic (exact) mass is 423 g/mol. The molecule has 2 heterocycles. The van der Waals surface area contributed by atoms with Crippen molar-refractivity contribution in [2.45, 2.75) is 19.3 Å². The minimum absolute atomic E-state index is 0.148. The van der Waals surface area contributed by atoms with Gasteiger partial charge in [-0.15, -0.1) is 11.3 Å². The van der Waals surface area contributed by atoms with Crippen molar-refractivity contribution in [3.63, 3.8) is 0 Å². The van der Waals surface area contributed by atoms with Gasteiger partial charge in [0.2, 0.25) is 5.91 Å². The summed E-state index contributed by atoms with van der Waals surface area (Å²) >= 11 is 1.21. The van der Waals surface area contributed by atoms with Crippen LogP contribution in [0.25, 0.3) is 11.1 Å². The number of anilines is 1. The van der Waals surface area contributed by atoms with Crippen LogP contribution in [0.15, 0.2) is 42.5 Å². The number of methoxy groups -OCH3 is 2. The summed E-state index contributed by atoms with van der Waals surface area (Å²) in [4.78, 5) is 25.7. The predicted octanol–water partition coefficient (Wildman–Crippen LogP) is 4.91. The predicted molar refractivity (Wildman–Crippen MR) is 116 cm³/mol. The second-order valence-electron chi connectivity index (χ2n) is 7.14. The van der Waals surface area contributed by atoms with Crippen LogP contribution in [-0.2, 0) is 4.79 Å². The lowest BCUT2D eigenvalue weighted by Gasteiger charge is -2.24. The van der Waals surface area contributed by atoms with Crippen LogP contribution in [0.3, 0.4) is 0 Å². The Bertz CT molecular complexity index is 1130. The largest absolute Gasteiger partial charge is 0.493 e. The van der Waals surface area contributed by atoms with Gasteiger partial charge in [0.25, 0.3) is 0 Å². The molecule has 0 fully saturated rings. The normalized spacial score (nSPS) is 15.3. The molecular formula is C23H21NO5S. The molecule has 0 saturated carbocycles. The lowest BCUT2D eigenvalue weighted by Crippen LogP contribution is -2.22. The SMILES string of the molecule is COc1ccc([C@@H]2CC(=O)Nc3c2sc(C(=O)O)c3-c2ccc(C)cc2)cc1OC. The molecule has 1 aromatic heterocycles. The third-order valence-electron chi connectivity index (χ3n) is 5.25. The Morgan fingerprint density at radius 1 is 1.10 bits per heavy atom. The van der Waals surface area contributed by atoms with Gasteiger partial charge < -0.3 is 19.9 Å². The van der Waals surface area contributed by atoms with Crippen LogP contribution < -0.4 is 14.8 Å². The molecule has 6 nitrogen and oxygen atoms in total. The number of fused-ring (bicyclic) bond motifs is 1.